The van der Waals surface area contributed by atoms with Crippen LogP contribution >= 0.6 is 47.8 Å². The summed E-state index contributed by atoms with van der Waals surface area (Å²) in [7, 11) is 0. The monoisotopic (exact) mass is 451 g/mol. The Morgan fingerprint density at radius 2 is 1.89 bits per heavy atom. The van der Waals surface area contributed by atoms with E-state index in [9.17, 15) is 0 Å². The number of nitrogens with one attached hydrogen (secondary N) is 1. The molecule has 0 aliphatic carbocycles. The quantitative estimate of drug-likeness (QED) is 0.724. The summed E-state index contributed by atoms with van der Waals surface area (Å²) >= 11 is 10.5. The smallest absolute Gasteiger partial charge is 0.0640 e. The Balaban J connectivity index is 2.05. The Labute approximate surface area is 136 Å². The normalized spacial score (nSPS) is 10.7. The molecule has 0 saturated heterocycles. The summed E-state index contributed by atoms with van der Waals surface area (Å²) in [5.41, 5.74) is 2.06. The van der Waals surface area contributed by atoms with Crippen molar-refractivity contribution in [2.24, 2.45) is 0 Å². The third kappa shape index (κ3) is 4.05. The number of hydrogen-bond donors (Lipinski definition) is 2. The van der Waals surface area contributed by atoms with E-state index in [1.54, 1.807) is 10.9 Å². The van der Waals surface area contributed by atoms with Gasteiger partial charge in [-0.25, -0.2) is 0 Å². The van der Waals surface area contributed by atoms with Gasteiger partial charge in [0.1, 0.15) is 0 Å². The van der Waals surface area contributed by atoms with Crippen LogP contribution in [-0.2, 0) is 13.1 Å². The summed E-state index contributed by atoms with van der Waals surface area (Å²) in [4.78, 5) is 0. The van der Waals surface area contributed by atoms with Crippen molar-refractivity contribution < 1.29 is 5.11 Å². The van der Waals surface area contributed by atoms with Gasteiger partial charge in [-0.05, 0) is 44.0 Å². The number of rotatable bonds is 5. The van der Waals surface area contributed by atoms with Crippen molar-refractivity contribution in [2.45, 2.75) is 13.1 Å². The van der Waals surface area contributed by atoms with Crippen molar-refractivity contribution in [1.29, 1.82) is 0 Å². The van der Waals surface area contributed by atoms with E-state index in [1.165, 1.54) is 0 Å². The van der Waals surface area contributed by atoms with Crippen LogP contribution in [0.5, 0.6) is 0 Å². The van der Waals surface area contributed by atoms with Crippen LogP contribution in [0.4, 0.5) is 5.69 Å². The molecule has 0 aliphatic heterocycles. The van der Waals surface area contributed by atoms with Crippen LogP contribution in [0.1, 0.15) is 5.56 Å². The fraction of sp³-hybridized carbons (Fsp3) is 0.250. The molecule has 0 unspecified atom stereocenters. The Morgan fingerprint density at radius 3 is 2.53 bits per heavy atom. The fourth-order valence-corrected chi connectivity index (χ4v) is 4.16. The highest BCUT2D eigenvalue weighted by atomic mass is 79.9. The zero-order chi connectivity index (χ0) is 13.8. The lowest BCUT2D eigenvalue weighted by Gasteiger charge is -2.10. The molecule has 1 aromatic carbocycles. The molecule has 102 valence electrons. The molecular formula is C12H12Br3N3O. The second-order valence-electron chi connectivity index (χ2n) is 3.93. The van der Waals surface area contributed by atoms with E-state index in [-0.39, 0.29) is 6.61 Å². The molecule has 19 heavy (non-hydrogen) atoms. The first-order valence-corrected chi connectivity index (χ1v) is 7.98. The van der Waals surface area contributed by atoms with E-state index in [0.29, 0.717) is 13.1 Å². The Hall–Kier alpha value is -0.370. The molecule has 2 aromatic rings. The maximum absolute atomic E-state index is 8.84. The summed E-state index contributed by atoms with van der Waals surface area (Å²) in [6, 6.07) is 3.98. The molecule has 4 nitrogen and oxygen atoms in total. The van der Waals surface area contributed by atoms with Gasteiger partial charge in [0.25, 0.3) is 0 Å². The largest absolute Gasteiger partial charge is 0.394 e. The van der Waals surface area contributed by atoms with Crippen LogP contribution in [0.25, 0.3) is 0 Å². The van der Waals surface area contributed by atoms with Crippen LogP contribution in [0.2, 0.25) is 0 Å². The van der Waals surface area contributed by atoms with Gasteiger partial charge in [0.2, 0.25) is 0 Å². The predicted octanol–water partition coefficient (Wildman–Crippen LogP) is 3.78. The molecule has 1 aromatic heterocycles. The van der Waals surface area contributed by atoms with Gasteiger partial charge in [0.15, 0.2) is 0 Å². The lowest BCUT2D eigenvalue weighted by atomic mass is 10.3. The lowest BCUT2D eigenvalue weighted by Crippen LogP contribution is -2.02. The summed E-state index contributed by atoms with van der Waals surface area (Å²) in [6.07, 6.45) is 3.72. The maximum Gasteiger partial charge on any atom is 0.0640 e. The molecule has 0 spiro atoms. The van der Waals surface area contributed by atoms with Gasteiger partial charge in [-0.3, -0.25) is 4.68 Å². The van der Waals surface area contributed by atoms with Crippen LogP contribution < -0.4 is 5.32 Å². The predicted molar refractivity (Wildman–Crippen MR) is 86.2 cm³/mol. The number of benzene rings is 1. The average molecular weight is 454 g/mol. The highest BCUT2D eigenvalue weighted by Crippen LogP contribution is 2.34. The second-order valence-corrected chi connectivity index (χ2v) is 6.56. The molecule has 0 bridgehead atoms. The van der Waals surface area contributed by atoms with E-state index >= 15 is 0 Å². The van der Waals surface area contributed by atoms with Gasteiger partial charge in [-0.1, -0.05) is 15.9 Å². The molecule has 1 heterocycles. The van der Waals surface area contributed by atoms with E-state index in [0.717, 1.165) is 24.7 Å². The first-order valence-electron chi connectivity index (χ1n) is 5.60. The van der Waals surface area contributed by atoms with E-state index < -0.39 is 0 Å². The molecular weight excluding hydrogens is 442 g/mol. The fourth-order valence-electron chi connectivity index (χ4n) is 1.62. The van der Waals surface area contributed by atoms with E-state index in [1.807, 2.05) is 18.3 Å². The number of aliphatic hydroxyl groups excluding tert-OH is 1. The van der Waals surface area contributed by atoms with Crippen LogP contribution in [0.15, 0.2) is 37.9 Å². The standard InChI is InChI=1S/C12H12Br3N3O/c13-9-3-10(14)12(11(15)4-9)16-5-8-6-17-18(7-8)1-2-19/h3-4,6-7,16,19H,1-2,5H2. The minimum atomic E-state index is 0.0956. The first-order chi connectivity index (χ1) is 9.10. The molecule has 0 radical (unpaired) electrons. The van der Waals surface area contributed by atoms with Crippen molar-refractivity contribution in [3.8, 4) is 0 Å². The number of anilines is 1. The van der Waals surface area contributed by atoms with Crippen molar-refractivity contribution in [1.82, 2.24) is 9.78 Å². The van der Waals surface area contributed by atoms with Crippen LogP contribution in [0, 0.1) is 0 Å². The van der Waals surface area contributed by atoms with Crippen molar-refractivity contribution in [3.05, 3.63) is 43.5 Å². The topological polar surface area (TPSA) is 50.1 Å². The van der Waals surface area contributed by atoms with Gasteiger partial charge in [-0.15, -0.1) is 0 Å². The Kier molecular flexibility index (Phi) is 5.44. The SMILES string of the molecule is OCCn1cc(CNc2c(Br)cc(Br)cc2Br)cn1. The molecule has 7 heteroatoms. The van der Waals surface area contributed by atoms with Crippen molar-refractivity contribution in [3.63, 3.8) is 0 Å². The van der Waals surface area contributed by atoms with Gasteiger partial charge in [0.05, 0.1) is 25.0 Å². The van der Waals surface area contributed by atoms with Crippen LogP contribution in [0.3, 0.4) is 0 Å². The number of aromatic nitrogens is 2. The molecule has 0 amide bonds. The zero-order valence-corrected chi connectivity index (χ0v) is 14.7. The van der Waals surface area contributed by atoms with Crippen molar-refractivity contribution >= 4 is 53.5 Å². The molecule has 2 rings (SSSR count). The summed E-state index contributed by atoms with van der Waals surface area (Å²) in [5, 5.41) is 16.4. The average Bonchev–Trinajstić information content (AvgIpc) is 2.76. The number of hydrogen-bond acceptors (Lipinski definition) is 3. The molecule has 0 saturated carbocycles. The van der Waals surface area contributed by atoms with Crippen LogP contribution in [-0.4, -0.2) is 21.5 Å². The Bertz CT molecular complexity index is 548. The Morgan fingerprint density at radius 1 is 1.21 bits per heavy atom. The summed E-state index contributed by atoms with van der Waals surface area (Å²) in [6.45, 7) is 1.29. The van der Waals surface area contributed by atoms with Gasteiger partial charge in [0, 0.05) is 31.7 Å². The summed E-state index contributed by atoms with van der Waals surface area (Å²) < 4.78 is 4.70. The molecule has 0 atom stereocenters. The first kappa shape index (κ1) is 15.0. The molecule has 2 N–H and O–H groups in total. The minimum Gasteiger partial charge on any atom is -0.394 e. The lowest BCUT2D eigenvalue weighted by molar-refractivity contribution is 0.269. The van der Waals surface area contributed by atoms with Gasteiger partial charge >= 0.3 is 0 Å². The molecule has 0 aliphatic rings. The van der Waals surface area contributed by atoms with Crippen molar-refractivity contribution in [2.75, 3.05) is 11.9 Å². The van der Waals surface area contributed by atoms with E-state index in [2.05, 4.69) is 58.2 Å². The highest BCUT2D eigenvalue weighted by molar-refractivity contribution is 9.11. The van der Waals surface area contributed by atoms with Gasteiger partial charge in [-0.2, -0.15) is 5.10 Å². The zero-order valence-electron chi connectivity index (χ0n) is 9.91. The summed E-state index contributed by atoms with van der Waals surface area (Å²) in [5.74, 6) is 0. The minimum absolute atomic E-state index is 0.0956. The van der Waals surface area contributed by atoms with E-state index in [4.69, 9.17) is 5.11 Å². The highest BCUT2D eigenvalue weighted by Gasteiger charge is 2.07. The number of halogens is 3. The number of aliphatic hydroxyl groups is 1. The molecule has 0 fully saturated rings. The maximum atomic E-state index is 8.84. The second kappa shape index (κ2) is 6.88. The third-order valence-electron chi connectivity index (χ3n) is 2.49. The number of nitrogens with zero attached hydrogens (tertiary/aromatic N) is 2. The third-order valence-corrected chi connectivity index (χ3v) is 4.20. The van der Waals surface area contributed by atoms with Gasteiger partial charge < -0.3 is 10.4 Å².